The van der Waals surface area contributed by atoms with Gasteiger partial charge in [-0.2, -0.15) is 8.75 Å². The van der Waals surface area contributed by atoms with E-state index in [0.29, 0.717) is 30.9 Å². The van der Waals surface area contributed by atoms with E-state index in [9.17, 15) is 8.42 Å². The summed E-state index contributed by atoms with van der Waals surface area (Å²) in [5.41, 5.74) is 2.01. The van der Waals surface area contributed by atoms with E-state index in [0.717, 1.165) is 17.2 Å². The molecule has 3 rings (SSSR count). The molecule has 2 heterocycles. The first-order valence-electron chi connectivity index (χ1n) is 6.51. The van der Waals surface area contributed by atoms with Crippen molar-refractivity contribution in [2.24, 2.45) is 0 Å². The first kappa shape index (κ1) is 14.8. The Kier molecular flexibility index (Phi) is 4.45. The van der Waals surface area contributed by atoms with E-state index in [1.807, 2.05) is 6.07 Å². The first-order valence-corrected chi connectivity index (χ1v) is 8.89. The van der Waals surface area contributed by atoms with Gasteiger partial charge >= 0.3 is 0 Å². The molecule has 7 nitrogen and oxygen atoms in total. The fourth-order valence-corrected chi connectivity index (χ4v) is 3.86. The van der Waals surface area contributed by atoms with E-state index in [4.69, 9.17) is 9.47 Å². The third-order valence-corrected chi connectivity index (χ3v) is 4.97. The average molecular weight is 329 g/mol. The molecular weight excluding hydrogens is 314 g/mol. The fourth-order valence-electron chi connectivity index (χ4n) is 2.11. The van der Waals surface area contributed by atoms with Gasteiger partial charge in [-0.3, -0.25) is 0 Å². The molecule has 2 aromatic rings. The molecule has 1 fully saturated rings. The summed E-state index contributed by atoms with van der Waals surface area (Å²) in [5, 5.41) is 0. The van der Waals surface area contributed by atoms with Gasteiger partial charge in [-0.15, -0.1) is 0 Å². The Morgan fingerprint density at radius 2 is 2.24 bits per heavy atom. The van der Waals surface area contributed by atoms with Crippen LogP contribution in [0.15, 0.2) is 18.2 Å². The lowest BCUT2D eigenvalue weighted by Crippen LogP contribution is -2.40. The van der Waals surface area contributed by atoms with E-state index >= 15 is 0 Å². The molecule has 0 bridgehead atoms. The number of sulfonamides is 1. The van der Waals surface area contributed by atoms with Gasteiger partial charge in [0.15, 0.2) is 0 Å². The maximum Gasteiger partial charge on any atom is 0.215 e. The van der Waals surface area contributed by atoms with Crippen molar-refractivity contribution in [2.45, 2.75) is 11.9 Å². The van der Waals surface area contributed by atoms with Crippen LogP contribution in [-0.4, -0.2) is 49.6 Å². The minimum Gasteiger partial charge on any atom is -0.376 e. The number of nitrogens with one attached hydrogen (secondary N) is 1. The number of ether oxygens (including phenoxy) is 2. The molecule has 0 aliphatic carbocycles. The van der Waals surface area contributed by atoms with Crippen LogP contribution >= 0.6 is 11.7 Å². The van der Waals surface area contributed by atoms with Crippen molar-refractivity contribution >= 4 is 32.8 Å². The Morgan fingerprint density at radius 1 is 1.33 bits per heavy atom. The molecule has 0 saturated carbocycles. The highest BCUT2D eigenvalue weighted by Gasteiger charge is 2.19. The molecule has 21 heavy (non-hydrogen) atoms. The predicted octanol–water partition coefficient (Wildman–Crippen LogP) is 0.526. The van der Waals surface area contributed by atoms with Crippen molar-refractivity contribution in [3.63, 3.8) is 0 Å². The average Bonchev–Trinajstić information content (AvgIpc) is 2.96. The summed E-state index contributed by atoms with van der Waals surface area (Å²) < 4.78 is 45.8. The van der Waals surface area contributed by atoms with E-state index in [1.165, 1.54) is 0 Å². The Morgan fingerprint density at radius 3 is 3.05 bits per heavy atom. The number of rotatable bonds is 5. The molecule has 1 saturated heterocycles. The molecule has 0 radical (unpaired) electrons. The lowest BCUT2D eigenvalue weighted by atomic mass is 10.2. The van der Waals surface area contributed by atoms with Crippen molar-refractivity contribution in [3.05, 3.63) is 23.8 Å². The van der Waals surface area contributed by atoms with Crippen LogP contribution in [0, 0.1) is 0 Å². The van der Waals surface area contributed by atoms with Gasteiger partial charge in [0.05, 0.1) is 43.4 Å². The molecule has 0 amide bonds. The smallest absolute Gasteiger partial charge is 0.215 e. The highest BCUT2D eigenvalue weighted by molar-refractivity contribution is 7.88. The second-order valence-corrected chi connectivity index (χ2v) is 7.06. The zero-order valence-electron chi connectivity index (χ0n) is 11.2. The third-order valence-electron chi connectivity index (χ3n) is 3.13. The standard InChI is InChI=1S/C12H15N3O4S2/c16-21(17,13-6-10-7-18-4-5-19-10)8-9-2-1-3-11-12(9)15-20-14-11/h1-3,10,13H,4-8H2. The molecule has 1 aromatic heterocycles. The fraction of sp³-hybridized carbons (Fsp3) is 0.500. The molecular formula is C12H15N3O4S2. The van der Waals surface area contributed by atoms with E-state index < -0.39 is 10.0 Å². The van der Waals surface area contributed by atoms with Gasteiger partial charge < -0.3 is 9.47 Å². The second kappa shape index (κ2) is 6.32. The molecule has 0 spiro atoms. The zero-order valence-corrected chi connectivity index (χ0v) is 12.8. The number of fused-ring (bicyclic) bond motifs is 1. The molecule has 114 valence electrons. The summed E-state index contributed by atoms with van der Waals surface area (Å²) in [6.45, 7) is 1.68. The summed E-state index contributed by atoms with van der Waals surface area (Å²) in [7, 11) is -3.45. The third kappa shape index (κ3) is 3.74. The monoisotopic (exact) mass is 329 g/mol. The van der Waals surface area contributed by atoms with Crippen LogP contribution in [-0.2, 0) is 25.2 Å². The van der Waals surface area contributed by atoms with E-state index in [1.54, 1.807) is 12.1 Å². The predicted molar refractivity (Wildman–Crippen MR) is 78.6 cm³/mol. The summed E-state index contributed by atoms with van der Waals surface area (Å²) in [6.07, 6.45) is -0.231. The molecule has 1 atom stereocenters. The quantitative estimate of drug-likeness (QED) is 0.860. The largest absolute Gasteiger partial charge is 0.376 e. The Hall–Kier alpha value is -1.13. The summed E-state index contributed by atoms with van der Waals surface area (Å²) in [5.74, 6) is -0.122. The summed E-state index contributed by atoms with van der Waals surface area (Å²) in [4.78, 5) is 0. The van der Waals surface area contributed by atoms with Crippen molar-refractivity contribution in [3.8, 4) is 0 Å². The minimum absolute atomic E-state index is 0.122. The SMILES string of the molecule is O=S(=O)(Cc1cccc2nsnc12)NCC1COCCO1. The topological polar surface area (TPSA) is 90.4 Å². The number of aromatic nitrogens is 2. The Labute approximate surface area is 126 Å². The lowest BCUT2D eigenvalue weighted by Gasteiger charge is -2.23. The summed E-state index contributed by atoms with van der Waals surface area (Å²) >= 11 is 1.08. The van der Waals surface area contributed by atoms with Crippen molar-refractivity contribution in [1.82, 2.24) is 13.5 Å². The van der Waals surface area contributed by atoms with Crippen molar-refractivity contribution in [1.29, 1.82) is 0 Å². The van der Waals surface area contributed by atoms with Crippen LogP contribution in [0.2, 0.25) is 0 Å². The van der Waals surface area contributed by atoms with E-state index in [-0.39, 0.29) is 18.4 Å². The number of nitrogens with zero attached hydrogens (tertiary/aromatic N) is 2. The molecule has 1 N–H and O–H groups in total. The van der Waals surface area contributed by atoms with E-state index in [2.05, 4.69) is 13.5 Å². The Bertz CT molecular complexity index is 710. The van der Waals surface area contributed by atoms with Crippen LogP contribution in [0.25, 0.3) is 11.0 Å². The zero-order chi connectivity index (χ0) is 14.7. The maximum absolute atomic E-state index is 12.2. The van der Waals surface area contributed by atoms with Gasteiger partial charge in [0.25, 0.3) is 0 Å². The van der Waals surface area contributed by atoms with Crippen LogP contribution in [0.1, 0.15) is 5.56 Å². The van der Waals surface area contributed by atoms with Crippen LogP contribution in [0.4, 0.5) is 0 Å². The van der Waals surface area contributed by atoms with Gasteiger partial charge in [-0.05, 0) is 11.6 Å². The highest BCUT2D eigenvalue weighted by atomic mass is 32.2. The number of hydrogen-bond donors (Lipinski definition) is 1. The second-order valence-electron chi connectivity index (χ2n) is 4.72. The minimum atomic E-state index is -3.45. The molecule has 9 heteroatoms. The molecule has 1 aliphatic rings. The van der Waals surface area contributed by atoms with Crippen LogP contribution in [0.3, 0.4) is 0 Å². The summed E-state index contributed by atoms with van der Waals surface area (Å²) in [6, 6.07) is 5.35. The highest BCUT2D eigenvalue weighted by Crippen LogP contribution is 2.18. The molecule has 1 unspecified atom stereocenters. The van der Waals surface area contributed by atoms with Crippen LogP contribution in [0.5, 0.6) is 0 Å². The van der Waals surface area contributed by atoms with Gasteiger partial charge in [0.2, 0.25) is 10.0 Å². The maximum atomic E-state index is 12.2. The van der Waals surface area contributed by atoms with Gasteiger partial charge in [0.1, 0.15) is 11.0 Å². The number of benzene rings is 1. The van der Waals surface area contributed by atoms with Gasteiger partial charge in [-0.1, -0.05) is 12.1 Å². The van der Waals surface area contributed by atoms with Crippen molar-refractivity contribution < 1.29 is 17.9 Å². The van der Waals surface area contributed by atoms with Gasteiger partial charge in [0, 0.05) is 6.54 Å². The van der Waals surface area contributed by atoms with Crippen LogP contribution < -0.4 is 4.72 Å². The number of hydrogen-bond acceptors (Lipinski definition) is 7. The lowest BCUT2D eigenvalue weighted by molar-refractivity contribution is -0.0847. The Balaban J connectivity index is 1.66. The van der Waals surface area contributed by atoms with Gasteiger partial charge in [-0.25, -0.2) is 13.1 Å². The van der Waals surface area contributed by atoms with Crippen molar-refractivity contribution in [2.75, 3.05) is 26.4 Å². The molecule has 1 aromatic carbocycles. The normalized spacial score (nSPS) is 19.9. The first-order chi connectivity index (χ1) is 10.1. The molecule has 1 aliphatic heterocycles.